The third-order valence-corrected chi connectivity index (χ3v) is 3.07. The van der Waals surface area contributed by atoms with E-state index >= 15 is 0 Å². The maximum absolute atomic E-state index is 8.77. The summed E-state index contributed by atoms with van der Waals surface area (Å²) in [5.41, 5.74) is 1.82. The normalized spacial score (nSPS) is 15.9. The van der Waals surface area contributed by atoms with E-state index in [1.807, 2.05) is 18.2 Å². The molecule has 0 unspecified atom stereocenters. The van der Waals surface area contributed by atoms with Crippen LogP contribution in [0.5, 0.6) is 0 Å². The molecule has 2 rings (SSSR count). The minimum atomic E-state index is 0.192. The molecular weight excluding hydrogens is 198 g/mol. The standard InChI is InChI=1S/C13H13N3/c14-7-6-13(4-5-13)10-16-12-3-1-2-11(8-12)9-15/h1-3,8,16H,4-6,10H2. The zero-order valence-corrected chi connectivity index (χ0v) is 9.03. The van der Waals surface area contributed by atoms with Gasteiger partial charge in [-0.25, -0.2) is 0 Å². The molecule has 1 saturated carbocycles. The molecule has 1 aliphatic rings. The van der Waals surface area contributed by atoms with Crippen molar-refractivity contribution < 1.29 is 0 Å². The number of hydrogen-bond acceptors (Lipinski definition) is 3. The summed E-state index contributed by atoms with van der Waals surface area (Å²) in [6.45, 7) is 0.829. The van der Waals surface area contributed by atoms with Gasteiger partial charge in [-0.3, -0.25) is 0 Å². The Kier molecular flexibility index (Phi) is 2.79. The molecule has 0 aliphatic heterocycles. The zero-order chi connectivity index (χ0) is 11.4. The van der Waals surface area contributed by atoms with Gasteiger partial charge in [-0.05, 0) is 31.0 Å². The van der Waals surface area contributed by atoms with Gasteiger partial charge >= 0.3 is 0 Å². The number of anilines is 1. The highest BCUT2D eigenvalue weighted by atomic mass is 14.9. The second kappa shape index (κ2) is 4.24. The predicted molar refractivity (Wildman–Crippen MR) is 61.5 cm³/mol. The maximum Gasteiger partial charge on any atom is 0.0992 e. The van der Waals surface area contributed by atoms with Gasteiger partial charge in [0, 0.05) is 24.1 Å². The number of hydrogen-bond donors (Lipinski definition) is 1. The SMILES string of the molecule is N#CCC1(CNc2cccc(C#N)c2)CC1. The summed E-state index contributed by atoms with van der Waals surface area (Å²) in [4.78, 5) is 0. The van der Waals surface area contributed by atoms with Gasteiger partial charge in [-0.2, -0.15) is 10.5 Å². The Morgan fingerprint density at radius 3 is 2.75 bits per heavy atom. The summed E-state index contributed by atoms with van der Waals surface area (Å²) in [6, 6.07) is 11.8. The van der Waals surface area contributed by atoms with Gasteiger partial charge in [0.05, 0.1) is 17.7 Å². The van der Waals surface area contributed by atoms with Gasteiger partial charge in [0.15, 0.2) is 0 Å². The summed E-state index contributed by atoms with van der Waals surface area (Å²) in [5, 5.41) is 20.8. The third-order valence-electron chi connectivity index (χ3n) is 3.07. The van der Waals surface area contributed by atoms with E-state index in [0.717, 1.165) is 25.1 Å². The Labute approximate surface area is 95.3 Å². The fraction of sp³-hybridized carbons (Fsp3) is 0.385. The minimum absolute atomic E-state index is 0.192. The first kappa shape index (κ1) is 10.5. The summed E-state index contributed by atoms with van der Waals surface area (Å²) >= 11 is 0. The average Bonchev–Trinajstić information content (AvgIpc) is 3.08. The molecule has 0 aromatic heterocycles. The number of nitrogens with one attached hydrogen (secondary N) is 1. The monoisotopic (exact) mass is 211 g/mol. The van der Waals surface area contributed by atoms with E-state index in [1.165, 1.54) is 0 Å². The second-order valence-corrected chi connectivity index (χ2v) is 4.38. The van der Waals surface area contributed by atoms with Crippen molar-refractivity contribution in [2.45, 2.75) is 19.3 Å². The van der Waals surface area contributed by atoms with Gasteiger partial charge < -0.3 is 5.32 Å². The number of benzene rings is 1. The van der Waals surface area contributed by atoms with E-state index in [2.05, 4.69) is 17.5 Å². The molecule has 3 heteroatoms. The highest BCUT2D eigenvalue weighted by Crippen LogP contribution is 2.48. The Bertz CT molecular complexity index is 461. The average molecular weight is 211 g/mol. The van der Waals surface area contributed by atoms with Crippen LogP contribution in [0.25, 0.3) is 0 Å². The predicted octanol–water partition coefficient (Wildman–Crippen LogP) is 2.66. The van der Waals surface area contributed by atoms with E-state index in [1.54, 1.807) is 6.07 Å². The summed E-state index contributed by atoms with van der Waals surface area (Å²) < 4.78 is 0. The first-order valence-corrected chi connectivity index (χ1v) is 5.39. The summed E-state index contributed by atoms with van der Waals surface area (Å²) in [5.74, 6) is 0. The van der Waals surface area contributed by atoms with E-state index in [9.17, 15) is 0 Å². The quantitative estimate of drug-likeness (QED) is 0.832. The Morgan fingerprint density at radius 2 is 2.12 bits per heavy atom. The van der Waals surface area contributed by atoms with Crippen molar-refractivity contribution in [2.24, 2.45) is 5.41 Å². The molecule has 1 aromatic carbocycles. The fourth-order valence-corrected chi connectivity index (χ4v) is 1.75. The first-order chi connectivity index (χ1) is 7.78. The summed E-state index contributed by atoms with van der Waals surface area (Å²) in [6.07, 6.45) is 2.88. The summed E-state index contributed by atoms with van der Waals surface area (Å²) in [7, 11) is 0. The van der Waals surface area contributed by atoms with Crippen molar-refractivity contribution in [3.63, 3.8) is 0 Å². The molecule has 0 spiro atoms. The molecule has 1 N–H and O–H groups in total. The molecule has 16 heavy (non-hydrogen) atoms. The molecule has 0 atom stereocenters. The van der Waals surface area contributed by atoms with Gasteiger partial charge in [-0.15, -0.1) is 0 Å². The largest absolute Gasteiger partial charge is 0.384 e. The van der Waals surface area contributed by atoms with Gasteiger partial charge in [-0.1, -0.05) is 6.07 Å². The first-order valence-electron chi connectivity index (χ1n) is 5.39. The van der Waals surface area contributed by atoms with E-state index < -0.39 is 0 Å². The van der Waals surface area contributed by atoms with Gasteiger partial charge in [0.25, 0.3) is 0 Å². The van der Waals surface area contributed by atoms with Crippen LogP contribution in [0.15, 0.2) is 24.3 Å². The van der Waals surface area contributed by atoms with Crippen LogP contribution in [0, 0.1) is 28.1 Å². The molecule has 3 nitrogen and oxygen atoms in total. The molecule has 1 fully saturated rings. The van der Waals surface area contributed by atoms with E-state index in [0.29, 0.717) is 12.0 Å². The second-order valence-electron chi connectivity index (χ2n) is 4.38. The lowest BCUT2D eigenvalue weighted by atomic mass is 10.0. The van der Waals surface area contributed by atoms with Crippen LogP contribution >= 0.6 is 0 Å². The smallest absolute Gasteiger partial charge is 0.0992 e. The Balaban J connectivity index is 1.95. The van der Waals surface area contributed by atoms with E-state index in [-0.39, 0.29) is 5.41 Å². The van der Waals surface area contributed by atoms with Crippen molar-refractivity contribution in [1.29, 1.82) is 10.5 Å². The van der Waals surface area contributed by atoms with Crippen LogP contribution in [0.4, 0.5) is 5.69 Å². The van der Waals surface area contributed by atoms with Crippen LogP contribution in [-0.2, 0) is 0 Å². The lowest BCUT2D eigenvalue weighted by molar-refractivity contribution is 0.557. The van der Waals surface area contributed by atoms with Crippen molar-refractivity contribution in [1.82, 2.24) is 0 Å². The molecular formula is C13H13N3. The fourth-order valence-electron chi connectivity index (χ4n) is 1.75. The van der Waals surface area contributed by atoms with Gasteiger partial charge in [0.1, 0.15) is 0 Å². The highest BCUT2D eigenvalue weighted by Gasteiger charge is 2.42. The lowest BCUT2D eigenvalue weighted by Gasteiger charge is -2.13. The van der Waals surface area contributed by atoms with Crippen LogP contribution in [0.1, 0.15) is 24.8 Å². The van der Waals surface area contributed by atoms with Crippen LogP contribution in [0.2, 0.25) is 0 Å². The topological polar surface area (TPSA) is 59.6 Å². The Morgan fingerprint density at radius 1 is 1.31 bits per heavy atom. The molecule has 1 aromatic rings. The molecule has 0 saturated heterocycles. The van der Waals surface area contributed by atoms with Crippen LogP contribution < -0.4 is 5.32 Å². The zero-order valence-electron chi connectivity index (χ0n) is 9.03. The molecule has 80 valence electrons. The molecule has 0 heterocycles. The van der Waals surface area contributed by atoms with Crippen molar-refractivity contribution in [3.8, 4) is 12.1 Å². The molecule has 0 radical (unpaired) electrons. The van der Waals surface area contributed by atoms with Crippen molar-refractivity contribution in [2.75, 3.05) is 11.9 Å². The highest BCUT2D eigenvalue weighted by molar-refractivity contribution is 5.49. The molecule has 0 amide bonds. The van der Waals surface area contributed by atoms with Crippen LogP contribution in [0.3, 0.4) is 0 Å². The number of rotatable bonds is 4. The number of nitrogens with zero attached hydrogens (tertiary/aromatic N) is 2. The maximum atomic E-state index is 8.77. The van der Waals surface area contributed by atoms with Gasteiger partial charge in [0.2, 0.25) is 0 Å². The Hall–Kier alpha value is -2.00. The van der Waals surface area contributed by atoms with Crippen LogP contribution in [-0.4, -0.2) is 6.54 Å². The molecule has 1 aliphatic carbocycles. The molecule has 0 bridgehead atoms. The minimum Gasteiger partial charge on any atom is -0.384 e. The lowest BCUT2D eigenvalue weighted by Crippen LogP contribution is -2.14. The van der Waals surface area contributed by atoms with Crippen molar-refractivity contribution >= 4 is 5.69 Å². The van der Waals surface area contributed by atoms with Crippen molar-refractivity contribution in [3.05, 3.63) is 29.8 Å². The number of nitriles is 2. The third kappa shape index (κ3) is 2.32. The van der Waals surface area contributed by atoms with E-state index in [4.69, 9.17) is 10.5 Å².